The van der Waals surface area contributed by atoms with Gasteiger partial charge in [-0.05, 0) is 31.1 Å². The lowest BCUT2D eigenvalue weighted by atomic mass is 10.1. The Hall–Kier alpha value is -3.69. The second-order valence-electron chi connectivity index (χ2n) is 6.28. The maximum Gasteiger partial charge on any atom is 0.336 e. The van der Waals surface area contributed by atoms with Crippen LogP contribution in [0, 0.1) is 0 Å². The van der Waals surface area contributed by atoms with Crippen LogP contribution in [0.4, 0.5) is 0 Å². The Balaban J connectivity index is 0. The van der Waals surface area contributed by atoms with E-state index in [1.807, 2.05) is 0 Å². The number of rotatable bonds is 11. The molecule has 0 amide bonds. The van der Waals surface area contributed by atoms with Crippen molar-refractivity contribution in [1.82, 2.24) is 0 Å². The van der Waals surface area contributed by atoms with Crippen molar-refractivity contribution in [3.05, 3.63) is 47.7 Å². The molecule has 10 nitrogen and oxygen atoms in total. The van der Waals surface area contributed by atoms with Crippen LogP contribution in [0.25, 0.3) is 0 Å². The number of unbranched alkanes of at least 4 members (excludes halogenated alkanes) is 4. The molecule has 0 spiro atoms. The van der Waals surface area contributed by atoms with E-state index in [9.17, 15) is 19.2 Å². The Morgan fingerprint density at radius 3 is 1.75 bits per heavy atom. The predicted octanol–water partition coefficient (Wildman–Crippen LogP) is 4.05. The van der Waals surface area contributed by atoms with Crippen molar-refractivity contribution in [3.63, 3.8) is 0 Å². The van der Waals surface area contributed by atoms with Crippen molar-refractivity contribution < 1.29 is 49.1 Å². The molecule has 0 aliphatic heterocycles. The number of hydrogen-bond donors (Lipinski definition) is 4. The third-order valence-electron chi connectivity index (χ3n) is 3.45. The standard InChI is InChI=1S/C12H20O4.C8H6O4.C2H4O2/c1-2-3-4-5-6-7-10-16-12(15)9-8-11(13)14;9-7(10)5-3-1-2-4-6(5)8(11)12;1-2(3)4/h7,10H,2-6,8-9H2,1H3,(H,13,14);1-4H,(H,9,10)(H,11,12);1H3,(H,3,4). The zero-order chi connectivity index (χ0) is 24.9. The highest BCUT2D eigenvalue weighted by Crippen LogP contribution is 2.08. The van der Waals surface area contributed by atoms with Crippen LogP contribution in [0.3, 0.4) is 0 Å². The number of carbonyl (C=O) groups is 5. The molecule has 1 aromatic carbocycles. The van der Waals surface area contributed by atoms with Gasteiger partial charge in [-0.15, -0.1) is 0 Å². The van der Waals surface area contributed by atoms with E-state index in [1.54, 1.807) is 6.08 Å². The Labute approximate surface area is 186 Å². The van der Waals surface area contributed by atoms with Gasteiger partial charge in [-0.25, -0.2) is 9.59 Å². The molecular weight excluding hydrogens is 424 g/mol. The van der Waals surface area contributed by atoms with Crippen LogP contribution >= 0.6 is 0 Å². The minimum atomic E-state index is -1.23. The molecule has 0 fully saturated rings. The van der Waals surface area contributed by atoms with Crippen LogP contribution in [0.15, 0.2) is 36.6 Å². The molecule has 0 aliphatic carbocycles. The van der Waals surface area contributed by atoms with Gasteiger partial charge in [0.15, 0.2) is 0 Å². The topological polar surface area (TPSA) is 175 Å². The average Bonchev–Trinajstić information content (AvgIpc) is 2.71. The molecule has 0 unspecified atom stereocenters. The van der Waals surface area contributed by atoms with Crippen LogP contribution in [0.1, 0.15) is 79.5 Å². The molecule has 10 heteroatoms. The minimum absolute atomic E-state index is 0.0739. The van der Waals surface area contributed by atoms with Gasteiger partial charge in [-0.1, -0.05) is 38.3 Å². The van der Waals surface area contributed by atoms with Gasteiger partial charge in [0.25, 0.3) is 5.97 Å². The maximum atomic E-state index is 10.9. The van der Waals surface area contributed by atoms with Crippen molar-refractivity contribution >= 4 is 29.8 Å². The molecule has 32 heavy (non-hydrogen) atoms. The Kier molecular flexibility index (Phi) is 18.4. The molecular formula is C22H30O10. The van der Waals surface area contributed by atoms with Crippen LogP contribution in [-0.2, 0) is 19.1 Å². The number of carboxylic acids is 4. The SMILES string of the molecule is CC(=O)O.CCCCCCC=COC(=O)CCC(=O)O.O=C(O)c1ccccc1C(=O)O. The van der Waals surface area contributed by atoms with E-state index in [1.165, 1.54) is 49.8 Å². The zero-order valence-electron chi connectivity index (χ0n) is 18.2. The summed E-state index contributed by atoms with van der Waals surface area (Å²) in [6.45, 7) is 3.24. The van der Waals surface area contributed by atoms with E-state index >= 15 is 0 Å². The number of allylic oxidation sites excluding steroid dienone is 1. The minimum Gasteiger partial charge on any atom is -0.481 e. The fourth-order valence-corrected chi connectivity index (χ4v) is 2.01. The van der Waals surface area contributed by atoms with Crippen LogP contribution in [-0.4, -0.2) is 50.3 Å². The van der Waals surface area contributed by atoms with Crippen molar-refractivity contribution in [2.45, 2.75) is 58.8 Å². The highest BCUT2D eigenvalue weighted by Gasteiger charge is 2.13. The van der Waals surface area contributed by atoms with Gasteiger partial charge in [-0.2, -0.15) is 0 Å². The summed E-state index contributed by atoms with van der Waals surface area (Å²) < 4.78 is 4.72. The van der Waals surface area contributed by atoms with E-state index in [0.29, 0.717) is 0 Å². The molecule has 0 aromatic heterocycles. The molecule has 0 saturated carbocycles. The molecule has 178 valence electrons. The lowest BCUT2D eigenvalue weighted by molar-refractivity contribution is -0.144. The monoisotopic (exact) mass is 454 g/mol. The Bertz CT molecular complexity index is 731. The third kappa shape index (κ3) is 19.6. The second kappa shape index (κ2) is 19.3. The molecule has 0 radical (unpaired) electrons. The summed E-state index contributed by atoms with van der Waals surface area (Å²) in [6.07, 6.45) is 8.51. The van der Waals surface area contributed by atoms with Crippen LogP contribution < -0.4 is 0 Å². The van der Waals surface area contributed by atoms with Gasteiger partial charge < -0.3 is 25.2 Å². The van der Waals surface area contributed by atoms with E-state index in [2.05, 4.69) is 6.92 Å². The van der Waals surface area contributed by atoms with Crippen LogP contribution in [0.2, 0.25) is 0 Å². The molecule has 1 aromatic rings. The number of esters is 1. The van der Waals surface area contributed by atoms with Crippen molar-refractivity contribution in [2.24, 2.45) is 0 Å². The molecule has 0 atom stereocenters. The first-order valence-corrected chi connectivity index (χ1v) is 9.84. The molecule has 0 bridgehead atoms. The van der Waals surface area contributed by atoms with E-state index < -0.39 is 29.8 Å². The van der Waals surface area contributed by atoms with Gasteiger partial charge >= 0.3 is 23.9 Å². The van der Waals surface area contributed by atoms with Crippen molar-refractivity contribution in [2.75, 3.05) is 0 Å². The summed E-state index contributed by atoms with van der Waals surface area (Å²) in [5, 5.41) is 32.8. The Morgan fingerprint density at radius 2 is 1.34 bits per heavy atom. The lowest BCUT2D eigenvalue weighted by Crippen LogP contribution is -2.06. The quantitative estimate of drug-likeness (QED) is 0.217. The largest absolute Gasteiger partial charge is 0.481 e. The smallest absolute Gasteiger partial charge is 0.336 e. The fourth-order valence-electron chi connectivity index (χ4n) is 2.01. The summed E-state index contributed by atoms with van der Waals surface area (Å²) in [6, 6.07) is 5.48. The highest BCUT2D eigenvalue weighted by atomic mass is 16.5. The van der Waals surface area contributed by atoms with Crippen LogP contribution in [0.5, 0.6) is 0 Å². The molecule has 1 rings (SSSR count). The molecule has 0 heterocycles. The number of aromatic carboxylic acids is 2. The fraction of sp³-hybridized carbons (Fsp3) is 0.409. The number of benzene rings is 1. The van der Waals surface area contributed by atoms with Crippen molar-refractivity contribution in [3.8, 4) is 0 Å². The molecule has 0 aliphatic rings. The first-order chi connectivity index (χ1) is 15.0. The van der Waals surface area contributed by atoms with E-state index in [-0.39, 0.29) is 24.0 Å². The summed E-state index contributed by atoms with van der Waals surface area (Å²) in [7, 11) is 0. The van der Waals surface area contributed by atoms with E-state index in [0.717, 1.165) is 19.8 Å². The number of hydrogen-bond acceptors (Lipinski definition) is 6. The second-order valence-corrected chi connectivity index (χ2v) is 6.28. The summed E-state index contributed by atoms with van der Waals surface area (Å²) >= 11 is 0. The molecule has 4 N–H and O–H groups in total. The summed E-state index contributed by atoms with van der Waals surface area (Å²) in [4.78, 5) is 51.0. The van der Waals surface area contributed by atoms with Crippen molar-refractivity contribution in [1.29, 1.82) is 0 Å². The maximum absolute atomic E-state index is 10.9. The number of carboxylic acid groups (broad SMARTS) is 4. The average molecular weight is 454 g/mol. The number of carbonyl (C=O) groups excluding carboxylic acids is 1. The number of aliphatic carboxylic acids is 2. The van der Waals surface area contributed by atoms with Gasteiger partial charge in [0, 0.05) is 6.92 Å². The first-order valence-electron chi connectivity index (χ1n) is 9.84. The van der Waals surface area contributed by atoms with Gasteiger partial charge in [0.05, 0.1) is 30.2 Å². The van der Waals surface area contributed by atoms with Gasteiger partial charge in [0.2, 0.25) is 0 Å². The normalized spacial score (nSPS) is 9.56. The first kappa shape index (κ1) is 30.5. The van der Waals surface area contributed by atoms with E-state index in [4.69, 9.17) is 30.0 Å². The highest BCUT2D eigenvalue weighted by molar-refractivity contribution is 6.01. The predicted molar refractivity (Wildman–Crippen MR) is 115 cm³/mol. The summed E-state index contributed by atoms with van der Waals surface area (Å²) in [5.74, 6) is -4.77. The number of ether oxygens (including phenoxy) is 1. The van der Waals surface area contributed by atoms with Gasteiger partial charge in [-0.3, -0.25) is 14.4 Å². The Morgan fingerprint density at radius 1 is 0.844 bits per heavy atom. The zero-order valence-corrected chi connectivity index (χ0v) is 18.2. The summed E-state index contributed by atoms with van der Waals surface area (Å²) in [5.41, 5.74) is -0.380. The lowest BCUT2D eigenvalue weighted by Gasteiger charge is -1.98. The van der Waals surface area contributed by atoms with Gasteiger partial charge in [0.1, 0.15) is 0 Å². The third-order valence-corrected chi connectivity index (χ3v) is 3.45. The molecule has 0 saturated heterocycles.